The number of amides is 4. The van der Waals surface area contributed by atoms with E-state index in [-0.39, 0.29) is 23.5 Å². The number of hydrogen-bond donors (Lipinski definition) is 3. The quantitative estimate of drug-likeness (QED) is 0.481. The lowest BCUT2D eigenvalue weighted by Gasteiger charge is -2.35. The summed E-state index contributed by atoms with van der Waals surface area (Å²) >= 11 is 0. The third-order valence-electron chi connectivity index (χ3n) is 7.22. The van der Waals surface area contributed by atoms with Gasteiger partial charge in [0.2, 0.25) is 0 Å². The molecule has 39 heavy (non-hydrogen) atoms. The molecule has 1 aliphatic heterocycles. The predicted molar refractivity (Wildman–Crippen MR) is 141 cm³/mol. The maximum Gasteiger partial charge on any atom is 0.410 e. The Morgan fingerprint density at radius 1 is 0.923 bits per heavy atom. The Bertz CT molecular complexity index is 1190. The van der Waals surface area contributed by atoms with Gasteiger partial charge in [0.15, 0.2) is 0 Å². The van der Waals surface area contributed by atoms with Crippen molar-refractivity contribution < 1.29 is 27.6 Å². The van der Waals surface area contributed by atoms with Gasteiger partial charge in [-0.2, -0.15) is 13.2 Å². The van der Waals surface area contributed by atoms with Crippen molar-refractivity contribution in [2.24, 2.45) is 0 Å². The van der Waals surface area contributed by atoms with Crippen LogP contribution in [-0.4, -0.2) is 71.6 Å². The van der Waals surface area contributed by atoms with Crippen LogP contribution in [0.4, 0.5) is 23.7 Å². The average Bonchev–Trinajstić information content (AvgIpc) is 2.86. The number of hydrogen-bond acceptors (Lipinski definition) is 4. The third kappa shape index (κ3) is 7.29. The summed E-state index contributed by atoms with van der Waals surface area (Å²) in [4.78, 5) is 41.3. The zero-order valence-corrected chi connectivity index (χ0v) is 22.1. The number of nitrogens with zero attached hydrogens (tertiary/aromatic N) is 2. The number of benzene rings is 2. The minimum atomic E-state index is -4.57. The molecular formula is C28H34F3N5O3. The topological polar surface area (TPSA) is 93.8 Å². The number of alkyl halides is 3. The molecule has 8 nitrogen and oxygen atoms in total. The van der Waals surface area contributed by atoms with E-state index in [9.17, 15) is 27.6 Å². The minimum absolute atomic E-state index is 0.0916. The average molecular weight is 546 g/mol. The molecule has 1 aliphatic carbocycles. The molecule has 0 atom stereocenters. The number of urea groups is 1. The summed E-state index contributed by atoms with van der Waals surface area (Å²) in [5.74, 6) is -0.874. The van der Waals surface area contributed by atoms with Crippen molar-refractivity contribution in [2.75, 3.05) is 31.5 Å². The molecule has 0 aromatic heterocycles. The Hall–Kier alpha value is -3.60. The van der Waals surface area contributed by atoms with E-state index in [1.165, 1.54) is 6.07 Å². The molecule has 1 saturated heterocycles. The molecule has 0 unspecified atom stereocenters. The van der Waals surface area contributed by atoms with Crippen molar-refractivity contribution in [1.82, 2.24) is 20.4 Å². The molecule has 2 aromatic rings. The molecule has 11 heteroatoms. The molecule has 0 spiro atoms. The molecule has 3 N–H and O–H groups in total. The molecular weight excluding hydrogens is 511 g/mol. The van der Waals surface area contributed by atoms with Crippen molar-refractivity contribution in [2.45, 2.75) is 57.4 Å². The lowest BCUT2D eigenvalue weighted by molar-refractivity contribution is -0.182. The number of anilines is 1. The largest absolute Gasteiger partial charge is 0.410 e. The second kappa shape index (κ2) is 11.6. The summed E-state index contributed by atoms with van der Waals surface area (Å²) in [5.41, 5.74) is -0.224. The van der Waals surface area contributed by atoms with Gasteiger partial charge >= 0.3 is 12.2 Å². The first-order valence-electron chi connectivity index (χ1n) is 13.1. The van der Waals surface area contributed by atoms with Gasteiger partial charge in [0.05, 0.1) is 0 Å². The number of halogens is 3. The summed E-state index contributed by atoms with van der Waals surface area (Å²) in [6, 6.07) is 13.4. The van der Waals surface area contributed by atoms with Gasteiger partial charge in [0.1, 0.15) is 5.54 Å². The van der Waals surface area contributed by atoms with Gasteiger partial charge in [-0.15, -0.1) is 0 Å². The molecule has 2 aliphatic rings. The summed E-state index contributed by atoms with van der Waals surface area (Å²) in [6.07, 6.45) is -1.43. The molecule has 2 fully saturated rings. The molecule has 1 saturated carbocycles. The highest BCUT2D eigenvalue weighted by atomic mass is 19.4. The Kier molecular flexibility index (Phi) is 8.48. The fraction of sp³-hybridized carbons (Fsp3) is 0.464. The first kappa shape index (κ1) is 28.4. The Morgan fingerprint density at radius 3 is 2.18 bits per heavy atom. The van der Waals surface area contributed by atoms with Crippen LogP contribution in [-0.2, 0) is 6.54 Å². The van der Waals surface area contributed by atoms with Gasteiger partial charge in [-0.05, 0) is 75.1 Å². The van der Waals surface area contributed by atoms with Gasteiger partial charge in [0, 0.05) is 55.6 Å². The van der Waals surface area contributed by atoms with Crippen molar-refractivity contribution in [1.29, 1.82) is 0 Å². The Balaban J connectivity index is 1.26. The van der Waals surface area contributed by atoms with E-state index in [4.69, 9.17) is 0 Å². The van der Waals surface area contributed by atoms with Crippen LogP contribution in [0.5, 0.6) is 0 Å². The zero-order chi connectivity index (χ0) is 28.2. The first-order chi connectivity index (χ1) is 18.4. The molecule has 1 heterocycles. The van der Waals surface area contributed by atoms with Gasteiger partial charge in [0.25, 0.3) is 11.8 Å². The summed E-state index contributed by atoms with van der Waals surface area (Å²) < 4.78 is 39.4. The monoisotopic (exact) mass is 545 g/mol. The van der Waals surface area contributed by atoms with E-state index < -0.39 is 17.6 Å². The van der Waals surface area contributed by atoms with Crippen molar-refractivity contribution in [3.63, 3.8) is 0 Å². The Labute approximate surface area is 225 Å². The van der Waals surface area contributed by atoms with Crippen LogP contribution >= 0.6 is 0 Å². The lowest BCUT2D eigenvalue weighted by Crippen LogP contribution is -2.54. The molecule has 210 valence electrons. The molecule has 4 rings (SSSR count). The fourth-order valence-electron chi connectivity index (χ4n) is 4.39. The smallest absolute Gasteiger partial charge is 0.338 e. The SMILES string of the molecule is CC(C)(NC(=O)c1cccc(CN2CCN(C(=O)c3ccc(NC(=O)NC4CCC4)cc3)CC2)c1)C(F)(F)F. The van der Waals surface area contributed by atoms with Crippen LogP contribution < -0.4 is 16.0 Å². The van der Waals surface area contributed by atoms with Crippen molar-refractivity contribution in [3.05, 3.63) is 65.2 Å². The summed E-state index contributed by atoms with van der Waals surface area (Å²) in [7, 11) is 0. The second-order valence-electron chi connectivity index (χ2n) is 10.6. The predicted octanol–water partition coefficient (Wildman–Crippen LogP) is 4.39. The van der Waals surface area contributed by atoms with Crippen LogP contribution in [0.25, 0.3) is 0 Å². The summed E-state index contributed by atoms with van der Waals surface area (Å²) in [5, 5.41) is 7.75. The maximum absolute atomic E-state index is 13.1. The number of nitrogens with one attached hydrogen (secondary N) is 3. The number of rotatable bonds is 7. The third-order valence-corrected chi connectivity index (χ3v) is 7.22. The molecule has 2 aromatic carbocycles. The van der Waals surface area contributed by atoms with Gasteiger partial charge < -0.3 is 20.9 Å². The Morgan fingerprint density at radius 2 is 1.59 bits per heavy atom. The van der Waals surface area contributed by atoms with Crippen LogP contribution in [0.2, 0.25) is 0 Å². The standard InChI is InChI=1S/C28H34F3N5O3/c1-27(2,28(29,30)31)34-24(37)21-6-3-5-19(17-21)18-35-13-15-36(16-14-35)25(38)20-9-11-23(12-10-20)33-26(39)32-22-7-4-8-22/h3,5-6,9-12,17,22H,4,7-8,13-16,18H2,1-2H3,(H,34,37)(H2,32,33,39). The van der Waals surface area contributed by atoms with Crippen LogP contribution in [0.3, 0.4) is 0 Å². The number of piperazine rings is 1. The molecule has 0 bridgehead atoms. The zero-order valence-electron chi connectivity index (χ0n) is 22.1. The van der Waals surface area contributed by atoms with Crippen LogP contribution in [0, 0.1) is 0 Å². The second-order valence-corrected chi connectivity index (χ2v) is 10.6. The number of carbonyl (C=O) groups is 3. The van der Waals surface area contributed by atoms with Crippen LogP contribution in [0.15, 0.2) is 48.5 Å². The lowest BCUT2D eigenvalue weighted by atomic mass is 9.93. The summed E-state index contributed by atoms with van der Waals surface area (Å²) in [6.45, 7) is 4.63. The van der Waals surface area contributed by atoms with Gasteiger partial charge in [-0.25, -0.2) is 4.79 Å². The highest BCUT2D eigenvalue weighted by Gasteiger charge is 2.48. The van der Waals surface area contributed by atoms with E-state index in [1.54, 1.807) is 41.3 Å². The van der Waals surface area contributed by atoms with Crippen molar-refractivity contribution >= 4 is 23.5 Å². The normalized spacial score (nSPS) is 16.8. The van der Waals surface area contributed by atoms with E-state index >= 15 is 0 Å². The van der Waals surface area contributed by atoms with E-state index in [0.29, 0.717) is 44.0 Å². The first-order valence-corrected chi connectivity index (χ1v) is 13.1. The van der Waals surface area contributed by atoms with Crippen molar-refractivity contribution in [3.8, 4) is 0 Å². The van der Waals surface area contributed by atoms with E-state index in [2.05, 4.69) is 20.9 Å². The van der Waals surface area contributed by atoms with Gasteiger partial charge in [-0.3, -0.25) is 14.5 Å². The number of carbonyl (C=O) groups excluding carboxylic acids is 3. The highest BCUT2D eigenvalue weighted by molar-refractivity contribution is 5.96. The van der Waals surface area contributed by atoms with E-state index in [1.807, 2.05) is 6.07 Å². The fourth-order valence-corrected chi connectivity index (χ4v) is 4.39. The van der Waals surface area contributed by atoms with Crippen LogP contribution in [0.1, 0.15) is 59.4 Å². The minimum Gasteiger partial charge on any atom is -0.338 e. The van der Waals surface area contributed by atoms with E-state index in [0.717, 1.165) is 38.7 Å². The highest BCUT2D eigenvalue weighted by Crippen LogP contribution is 2.29. The molecule has 0 radical (unpaired) electrons. The molecule has 4 amide bonds. The maximum atomic E-state index is 13.1. The van der Waals surface area contributed by atoms with Gasteiger partial charge in [-0.1, -0.05) is 12.1 Å².